The van der Waals surface area contributed by atoms with Gasteiger partial charge in [0.1, 0.15) is 0 Å². The minimum Gasteiger partial charge on any atom is -0.147 e. The topological polar surface area (TPSA) is 0 Å². The van der Waals surface area contributed by atoms with Crippen molar-refractivity contribution in [3.63, 3.8) is 0 Å². The van der Waals surface area contributed by atoms with Crippen molar-refractivity contribution >= 4 is 38.0 Å². The lowest BCUT2D eigenvalue weighted by atomic mass is 10.0. The lowest BCUT2D eigenvalue weighted by Gasteiger charge is -2.11. The van der Waals surface area contributed by atoms with Crippen LogP contribution in [0.2, 0.25) is 0 Å². The van der Waals surface area contributed by atoms with E-state index in [4.69, 9.17) is 0 Å². The molecule has 0 nitrogen and oxygen atoms in total. The van der Waals surface area contributed by atoms with Gasteiger partial charge in [-0.25, -0.2) is 0 Å². The van der Waals surface area contributed by atoms with Gasteiger partial charge < -0.3 is 0 Å². The second kappa shape index (κ2) is 6.11. The van der Waals surface area contributed by atoms with Crippen molar-refractivity contribution in [1.29, 1.82) is 0 Å². The van der Waals surface area contributed by atoms with Crippen LogP contribution in [0, 0.1) is 0 Å². The van der Waals surface area contributed by atoms with Gasteiger partial charge in [-0.2, -0.15) is 0 Å². The Balaban J connectivity index is 1.85. The zero-order chi connectivity index (χ0) is 13.9. The summed E-state index contributed by atoms with van der Waals surface area (Å²) in [5, 5.41) is 4.84. The Labute approximate surface area is 132 Å². The minimum atomic E-state index is 0.415. The number of halogens is 1. The Morgan fingerprint density at radius 1 is 1.05 bits per heavy atom. The smallest absolute Gasteiger partial charge is 0.0532 e. The van der Waals surface area contributed by atoms with E-state index in [9.17, 15) is 0 Å². The third-order valence-electron chi connectivity index (χ3n) is 3.67. The first-order chi connectivity index (χ1) is 9.78. The number of hydrogen-bond donors (Lipinski definition) is 0. The van der Waals surface area contributed by atoms with Crippen molar-refractivity contribution in [2.45, 2.75) is 24.6 Å². The first kappa shape index (κ1) is 13.8. The molecule has 0 aliphatic heterocycles. The highest BCUT2D eigenvalue weighted by Gasteiger charge is 2.13. The van der Waals surface area contributed by atoms with E-state index in [0.717, 1.165) is 12.8 Å². The van der Waals surface area contributed by atoms with Crippen LogP contribution in [0.1, 0.15) is 27.8 Å². The zero-order valence-corrected chi connectivity index (χ0v) is 13.9. The van der Waals surface area contributed by atoms with Crippen LogP contribution < -0.4 is 0 Å². The van der Waals surface area contributed by atoms with E-state index in [-0.39, 0.29) is 0 Å². The summed E-state index contributed by atoms with van der Waals surface area (Å²) in [7, 11) is 0. The van der Waals surface area contributed by atoms with Gasteiger partial charge >= 0.3 is 0 Å². The van der Waals surface area contributed by atoms with Gasteiger partial charge in [0.25, 0.3) is 0 Å². The van der Waals surface area contributed by atoms with E-state index in [1.807, 2.05) is 11.3 Å². The largest absolute Gasteiger partial charge is 0.147 e. The molecule has 1 heterocycles. The molecular formula is C18H17BrS. The lowest BCUT2D eigenvalue weighted by Crippen LogP contribution is -1.96. The summed E-state index contributed by atoms with van der Waals surface area (Å²) in [6.45, 7) is 2.22. The lowest BCUT2D eigenvalue weighted by molar-refractivity contribution is 0.947. The molecule has 3 aromatic rings. The van der Waals surface area contributed by atoms with E-state index in [1.54, 1.807) is 0 Å². The molecule has 0 saturated carbocycles. The molecule has 0 bridgehead atoms. The molecule has 3 rings (SSSR count). The molecular weight excluding hydrogens is 328 g/mol. The van der Waals surface area contributed by atoms with E-state index in [1.165, 1.54) is 26.8 Å². The number of aryl methyl sites for hydroxylation is 1. The molecule has 0 radical (unpaired) electrons. The number of benzene rings is 2. The van der Waals surface area contributed by atoms with E-state index in [0.29, 0.717) is 4.83 Å². The fourth-order valence-electron chi connectivity index (χ4n) is 2.58. The Morgan fingerprint density at radius 3 is 2.65 bits per heavy atom. The number of fused-ring (bicyclic) bond motifs is 1. The second-order valence-corrected chi connectivity index (χ2v) is 7.07. The van der Waals surface area contributed by atoms with Crippen LogP contribution in [0.5, 0.6) is 0 Å². The van der Waals surface area contributed by atoms with Gasteiger partial charge in [0.2, 0.25) is 0 Å². The monoisotopic (exact) mass is 344 g/mol. The Hall–Kier alpha value is -1.12. The Bertz CT molecular complexity index is 714. The number of alkyl halides is 1. The second-order valence-electron chi connectivity index (χ2n) is 5.02. The van der Waals surface area contributed by atoms with Gasteiger partial charge in [0.15, 0.2) is 0 Å². The summed E-state index contributed by atoms with van der Waals surface area (Å²) in [4.78, 5) is 1.89. The van der Waals surface area contributed by atoms with E-state index in [2.05, 4.69) is 76.8 Å². The van der Waals surface area contributed by atoms with E-state index >= 15 is 0 Å². The van der Waals surface area contributed by atoms with Crippen molar-refractivity contribution in [1.82, 2.24) is 0 Å². The fraction of sp³-hybridized carbons (Fsp3) is 0.222. The maximum Gasteiger partial charge on any atom is 0.0532 e. The normalized spacial score (nSPS) is 12.7. The molecule has 0 N–H and O–H groups in total. The molecule has 20 heavy (non-hydrogen) atoms. The molecule has 2 heteroatoms. The zero-order valence-electron chi connectivity index (χ0n) is 11.5. The highest BCUT2D eigenvalue weighted by atomic mass is 79.9. The van der Waals surface area contributed by atoms with Crippen LogP contribution >= 0.6 is 27.3 Å². The number of thiophene rings is 1. The molecule has 0 amide bonds. The van der Waals surface area contributed by atoms with Crippen LogP contribution in [-0.2, 0) is 12.8 Å². The molecule has 102 valence electrons. The molecule has 1 aromatic heterocycles. The van der Waals surface area contributed by atoms with Crippen molar-refractivity contribution in [2.75, 3.05) is 0 Å². The first-order valence-corrected chi connectivity index (χ1v) is 8.75. The van der Waals surface area contributed by atoms with Gasteiger partial charge in [-0.1, -0.05) is 65.3 Å². The van der Waals surface area contributed by atoms with Crippen LogP contribution in [0.25, 0.3) is 10.8 Å². The van der Waals surface area contributed by atoms with Gasteiger partial charge in [-0.3, -0.25) is 0 Å². The summed E-state index contributed by atoms with van der Waals surface area (Å²) in [5.41, 5.74) is 2.86. The molecule has 1 unspecified atom stereocenters. The Kier molecular flexibility index (Phi) is 4.23. The van der Waals surface area contributed by atoms with Gasteiger partial charge in [-0.05, 0) is 46.2 Å². The third-order valence-corrected chi connectivity index (χ3v) is 5.83. The molecule has 0 aliphatic rings. The number of hydrogen-bond acceptors (Lipinski definition) is 1. The van der Waals surface area contributed by atoms with Gasteiger partial charge in [0.05, 0.1) is 4.83 Å². The minimum absolute atomic E-state index is 0.415. The molecule has 2 aromatic carbocycles. The summed E-state index contributed by atoms with van der Waals surface area (Å²) >= 11 is 5.73. The molecule has 0 saturated heterocycles. The van der Waals surface area contributed by atoms with Gasteiger partial charge in [-0.15, -0.1) is 11.3 Å². The van der Waals surface area contributed by atoms with E-state index < -0.39 is 0 Å². The van der Waals surface area contributed by atoms with Crippen LogP contribution in [-0.4, -0.2) is 0 Å². The quantitative estimate of drug-likeness (QED) is 0.498. The Morgan fingerprint density at radius 2 is 1.85 bits per heavy atom. The highest BCUT2D eigenvalue weighted by molar-refractivity contribution is 9.09. The van der Waals surface area contributed by atoms with Crippen molar-refractivity contribution in [3.8, 4) is 0 Å². The van der Waals surface area contributed by atoms with Crippen molar-refractivity contribution in [3.05, 3.63) is 69.9 Å². The predicted octanol–water partition coefficient (Wildman–Crippen LogP) is 6.14. The van der Waals surface area contributed by atoms with Gasteiger partial charge in [0, 0.05) is 4.88 Å². The summed E-state index contributed by atoms with van der Waals surface area (Å²) in [5.74, 6) is 0. The van der Waals surface area contributed by atoms with Crippen LogP contribution in [0.3, 0.4) is 0 Å². The molecule has 0 fully saturated rings. The molecule has 0 spiro atoms. The third kappa shape index (κ3) is 2.82. The molecule has 0 aliphatic carbocycles. The summed E-state index contributed by atoms with van der Waals surface area (Å²) < 4.78 is 0. The molecule has 1 atom stereocenters. The predicted molar refractivity (Wildman–Crippen MR) is 93.0 cm³/mol. The van der Waals surface area contributed by atoms with Crippen molar-refractivity contribution < 1.29 is 0 Å². The maximum absolute atomic E-state index is 3.87. The van der Waals surface area contributed by atoms with Crippen molar-refractivity contribution in [2.24, 2.45) is 0 Å². The maximum atomic E-state index is 3.87. The van der Waals surface area contributed by atoms with Crippen LogP contribution in [0.4, 0.5) is 0 Å². The SMILES string of the molecule is CCc1ccsc1C(Br)Cc1ccc2ccccc2c1. The fourth-order valence-corrected chi connectivity index (χ4v) is 4.55. The first-order valence-electron chi connectivity index (χ1n) is 6.96. The summed E-state index contributed by atoms with van der Waals surface area (Å²) in [6.07, 6.45) is 2.15. The summed E-state index contributed by atoms with van der Waals surface area (Å²) in [6, 6.07) is 17.6. The number of rotatable bonds is 4. The average Bonchev–Trinajstić information content (AvgIpc) is 2.95. The standard InChI is InChI=1S/C18H17BrS/c1-2-14-9-10-20-18(14)17(19)12-13-7-8-15-5-3-4-6-16(15)11-13/h3-11,17H,2,12H2,1H3. The highest BCUT2D eigenvalue weighted by Crippen LogP contribution is 2.34. The average molecular weight is 345 g/mol. The van der Waals surface area contributed by atoms with Crippen LogP contribution in [0.15, 0.2) is 53.9 Å².